The quantitative estimate of drug-likeness (QED) is 0.586. The molecule has 2 aromatic carbocycles. The highest BCUT2D eigenvalue weighted by atomic mass is 16.5. The van der Waals surface area contributed by atoms with Gasteiger partial charge in [0.1, 0.15) is 12.1 Å². The fourth-order valence-electron chi connectivity index (χ4n) is 4.54. The number of carboxylic acid groups (broad SMARTS) is 1. The summed E-state index contributed by atoms with van der Waals surface area (Å²) in [5.74, 6) is -1.44. The van der Waals surface area contributed by atoms with Gasteiger partial charge in [0.25, 0.3) is 0 Å². The van der Waals surface area contributed by atoms with Gasteiger partial charge in [0, 0.05) is 12.0 Å². The molecule has 7 nitrogen and oxygen atoms in total. The number of alkyl carbamates (subject to hydrolysis) is 1. The third kappa shape index (κ3) is 4.33. The Labute approximate surface area is 187 Å². The first kappa shape index (κ1) is 21.9. The van der Waals surface area contributed by atoms with Gasteiger partial charge in [-0.25, -0.2) is 4.79 Å². The Hall–Kier alpha value is -3.35. The van der Waals surface area contributed by atoms with Crippen molar-refractivity contribution in [3.8, 4) is 11.1 Å². The zero-order valence-electron chi connectivity index (χ0n) is 18.3. The summed E-state index contributed by atoms with van der Waals surface area (Å²) in [7, 11) is 0. The van der Waals surface area contributed by atoms with Crippen molar-refractivity contribution in [2.75, 3.05) is 6.61 Å². The standard InChI is InChI=1S/C25H28N2O5/c1-15(13-22(28)29)26-23(30)25(2,16-11-12-16)27-24(31)32-14-21-19-9-5-3-7-17(19)18-8-4-6-10-20(18)21/h3-10,15-16,21H,11-14H2,1-2H3,(H,26,30)(H,27,31)(H,28,29)/t15-,25?/m1/s1. The summed E-state index contributed by atoms with van der Waals surface area (Å²) in [4.78, 5) is 36.5. The van der Waals surface area contributed by atoms with E-state index < -0.39 is 23.6 Å². The minimum Gasteiger partial charge on any atom is -0.481 e. The number of nitrogens with one attached hydrogen (secondary N) is 2. The molecule has 2 aliphatic rings. The lowest BCUT2D eigenvalue weighted by molar-refractivity contribution is -0.137. The number of hydrogen-bond acceptors (Lipinski definition) is 4. The number of rotatable bonds is 8. The van der Waals surface area contributed by atoms with Crippen molar-refractivity contribution in [2.45, 2.75) is 50.6 Å². The Balaban J connectivity index is 1.43. The van der Waals surface area contributed by atoms with Gasteiger partial charge in [0.15, 0.2) is 0 Å². The monoisotopic (exact) mass is 436 g/mol. The molecule has 0 aromatic heterocycles. The molecule has 168 valence electrons. The summed E-state index contributed by atoms with van der Waals surface area (Å²) in [6.07, 6.45) is 0.807. The van der Waals surface area contributed by atoms with Crippen LogP contribution in [0.25, 0.3) is 11.1 Å². The molecule has 0 saturated heterocycles. The highest BCUT2D eigenvalue weighted by Crippen LogP contribution is 2.44. The van der Waals surface area contributed by atoms with Crippen LogP contribution in [0, 0.1) is 5.92 Å². The van der Waals surface area contributed by atoms with Gasteiger partial charge in [0.2, 0.25) is 5.91 Å². The molecule has 0 spiro atoms. The Bertz CT molecular complexity index is 1000. The summed E-state index contributed by atoms with van der Waals surface area (Å²) < 4.78 is 5.61. The average Bonchev–Trinajstić information content (AvgIpc) is 3.55. The van der Waals surface area contributed by atoms with Gasteiger partial charge in [-0.05, 0) is 54.9 Å². The van der Waals surface area contributed by atoms with Crippen molar-refractivity contribution in [3.05, 3.63) is 59.7 Å². The van der Waals surface area contributed by atoms with E-state index in [9.17, 15) is 14.4 Å². The van der Waals surface area contributed by atoms with Crippen LogP contribution in [0.2, 0.25) is 0 Å². The highest BCUT2D eigenvalue weighted by Gasteiger charge is 2.49. The van der Waals surface area contributed by atoms with Crippen LogP contribution in [-0.2, 0) is 14.3 Å². The number of carboxylic acids is 1. The predicted molar refractivity (Wildman–Crippen MR) is 119 cm³/mol. The van der Waals surface area contributed by atoms with Crippen LogP contribution in [-0.4, -0.2) is 41.3 Å². The third-order valence-electron chi connectivity index (χ3n) is 6.43. The Morgan fingerprint density at radius 3 is 2.16 bits per heavy atom. The van der Waals surface area contributed by atoms with Gasteiger partial charge in [-0.3, -0.25) is 9.59 Å². The van der Waals surface area contributed by atoms with E-state index in [-0.39, 0.29) is 30.8 Å². The minimum absolute atomic E-state index is 0.00000979. The van der Waals surface area contributed by atoms with E-state index in [1.54, 1.807) is 13.8 Å². The second kappa shape index (κ2) is 8.65. The van der Waals surface area contributed by atoms with Gasteiger partial charge in [-0.1, -0.05) is 48.5 Å². The Morgan fingerprint density at radius 1 is 1.06 bits per heavy atom. The maximum absolute atomic E-state index is 12.9. The number of carbonyl (C=O) groups excluding carboxylic acids is 2. The molecule has 1 saturated carbocycles. The van der Waals surface area contributed by atoms with E-state index >= 15 is 0 Å². The van der Waals surface area contributed by atoms with E-state index in [0.29, 0.717) is 0 Å². The lowest BCUT2D eigenvalue weighted by atomic mass is 9.94. The van der Waals surface area contributed by atoms with Crippen molar-refractivity contribution in [2.24, 2.45) is 5.92 Å². The second-order valence-corrected chi connectivity index (χ2v) is 8.90. The Morgan fingerprint density at radius 2 is 1.62 bits per heavy atom. The number of fused-ring (bicyclic) bond motifs is 3. The molecule has 32 heavy (non-hydrogen) atoms. The first-order valence-electron chi connectivity index (χ1n) is 11.0. The SMILES string of the molecule is C[C@H](CC(=O)O)NC(=O)C(C)(NC(=O)OCC1c2ccccc2-c2ccccc21)C1CC1. The number of benzene rings is 2. The number of hydrogen-bond donors (Lipinski definition) is 3. The summed E-state index contributed by atoms with van der Waals surface area (Å²) in [6.45, 7) is 3.47. The lowest BCUT2D eigenvalue weighted by Crippen LogP contribution is -2.60. The molecule has 1 unspecified atom stereocenters. The van der Waals surface area contributed by atoms with Crippen molar-refractivity contribution in [1.82, 2.24) is 10.6 Å². The van der Waals surface area contributed by atoms with Crippen LogP contribution in [0.4, 0.5) is 4.79 Å². The van der Waals surface area contributed by atoms with E-state index in [1.807, 2.05) is 36.4 Å². The highest BCUT2D eigenvalue weighted by molar-refractivity contribution is 5.91. The minimum atomic E-state index is -1.14. The van der Waals surface area contributed by atoms with Gasteiger partial charge in [-0.15, -0.1) is 0 Å². The molecule has 0 heterocycles. The van der Waals surface area contributed by atoms with Crippen LogP contribution < -0.4 is 10.6 Å². The van der Waals surface area contributed by atoms with Crippen molar-refractivity contribution in [3.63, 3.8) is 0 Å². The van der Waals surface area contributed by atoms with E-state index in [0.717, 1.165) is 35.1 Å². The molecule has 3 N–H and O–H groups in total. The number of ether oxygens (including phenoxy) is 1. The molecule has 0 radical (unpaired) electrons. The summed E-state index contributed by atoms with van der Waals surface area (Å²) in [5, 5.41) is 14.4. The summed E-state index contributed by atoms with van der Waals surface area (Å²) >= 11 is 0. The molecule has 2 aromatic rings. The fourth-order valence-corrected chi connectivity index (χ4v) is 4.54. The average molecular weight is 437 g/mol. The zero-order valence-corrected chi connectivity index (χ0v) is 18.3. The maximum atomic E-state index is 12.9. The molecular formula is C25H28N2O5. The van der Waals surface area contributed by atoms with Gasteiger partial charge in [0.05, 0.1) is 6.42 Å². The largest absolute Gasteiger partial charge is 0.481 e. The van der Waals surface area contributed by atoms with E-state index in [2.05, 4.69) is 22.8 Å². The van der Waals surface area contributed by atoms with Gasteiger partial charge >= 0.3 is 12.1 Å². The Kier molecular flexibility index (Phi) is 5.91. The number of carbonyl (C=O) groups is 3. The molecule has 2 aliphatic carbocycles. The molecule has 1 fully saturated rings. The van der Waals surface area contributed by atoms with Crippen LogP contribution >= 0.6 is 0 Å². The molecular weight excluding hydrogens is 408 g/mol. The number of amides is 2. The zero-order chi connectivity index (χ0) is 22.9. The molecule has 2 amide bonds. The fraction of sp³-hybridized carbons (Fsp3) is 0.400. The van der Waals surface area contributed by atoms with Gasteiger partial charge in [-0.2, -0.15) is 0 Å². The van der Waals surface area contributed by atoms with Crippen LogP contribution in [0.5, 0.6) is 0 Å². The summed E-state index contributed by atoms with van der Waals surface area (Å²) in [5.41, 5.74) is 3.38. The smallest absolute Gasteiger partial charge is 0.408 e. The topological polar surface area (TPSA) is 105 Å². The maximum Gasteiger partial charge on any atom is 0.408 e. The molecule has 0 bridgehead atoms. The van der Waals surface area contributed by atoms with E-state index in [1.165, 1.54) is 0 Å². The molecule has 4 rings (SSSR count). The van der Waals surface area contributed by atoms with Crippen molar-refractivity contribution in [1.29, 1.82) is 0 Å². The first-order valence-corrected chi connectivity index (χ1v) is 11.0. The molecule has 7 heteroatoms. The summed E-state index contributed by atoms with van der Waals surface area (Å²) in [6, 6.07) is 15.6. The normalized spacial score (nSPS) is 17.4. The van der Waals surface area contributed by atoms with Crippen LogP contribution in [0.1, 0.15) is 50.2 Å². The first-order chi connectivity index (χ1) is 15.3. The van der Waals surface area contributed by atoms with Crippen molar-refractivity contribution < 1.29 is 24.2 Å². The van der Waals surface area contributed by atoms with Crippen LogP contribution in [0.3, 0.4) is 0 Å². The molecule has 0 aliphatic heterocycles. The van der Waals surface area contributed by atoms with E-state index in [4.69, 9.17) is 9.84 Å². The lowest BCUT2D eigenvalue weighted by Gasteiger charge is -2.30. The third-order valence-corrected chi connectivity index (χ3v) is 6.43. The van der Waals surface area contributed by atoms with Gasteiger partial charge < -0.3 is 20.5 Å². The second-order valence-electron chi connectivity index (χ2n) is 8.90. The van der Waals surface area contributed by atoms with Crippen LogP contribution in [0.15, 0.2) is 48.5 Å². The van der Waals surface area contributed by atoms with Crippen molar-refractivity contribution >= 4 is 18.0 Å². The predicted octanol–water partition coefficient (Wildman–Crippen LogP) is 3.67. The molecule has 2 atom stereocenters. The number of aliphatic carboxylic acids is 1.